The third-order valence-corrected chi connectivity index (χ3v) is 7.70. The van der Waals surface area contributed by atoms with Crippen LogP contribution < -0.4 is 15.4 Å². The summed E-state index contributed by atoms with van der Waals surface area (Å²) >= 11 is 0. The van der Waals surface area contributed by atoms with Gasteiger partial charge in [-0.2, -0.15) is 0 Å². The first-order valence-corrected chi connectivity index (χ1v) is 15.7. The first-order chi connectivity index (χ1) is 21.3. The van der Waals surface area contributed by atoms with Gasteiger partial charge in [-0.25, -0.2) is 4.79 Å². The van der Waals surface area contributed by atoms with Gasteiger partial charge in [0.2, 0.25) is 11.8 Å². The van der Waals surface area contributed by atoms with E-state index in [1.807, 2.05) is 44.2 Å². The van der Waals surface area contributed by atoms with Gasteiger partial charge in [0.15, 0.2) is 12.1 Å². The van der Waals surface area contributed by atoms with Crippen molar-refractivity contribution in [2.24, 2.45) is 5.92 Å². The highest BCUT2D eigenvalue weighted by Crippen LogP contribution is 2.28. The molecule has 0 radical (unpaired) electrons. The molecule has 0 aliphatic heterocycles. The van der Waals surface area contributed by atoms with Crippen molar-refractivity contribution in [2.75, 3.05) is 32.8 Å². The molecule has 3 amide bonds. The van der Waals surface area contributed by atoms with Gasteiger partial charge in [-0.15, -0.1) is 0 Å². The summed E-state index contributed by atoms with van der Waals surface area (Å²) in [4.78, 5) is 52.8. The Bertz CT molecular complexity index is 1180. The minimum Gasteiger partial charge on any atom is -0.410 e. The number of carbonyl (C=O) groups is 4. The Morgan fingerprint density at radius 3 is 2.18 bits per heavy atom. The molecule has 2 aromatic rings. The van der Waals surface area contributed by atoms with Gasteiger partial charge < -0.3 is 29.7 Å². The summed E-state index contributed by atoms with van der Waals surface area (Å²) in [6, 6.07) is 15.5. The highest BCUT2D eigenvalue weighted by molar-refractivity contribution is 5.94. The number of nitrogens with one attached hydrogen (secondary N) is 2. The number of rotatable bonds is 17. The average Bonchev–Trinajstić information content (AvgIpc) is 3.03. The van der Waals surface area contributed by atoms with Crippen LogP contribution in [0.1, 0.15) is 75.2 Å². The van der Waals surface area contributed by atoms with E-state index in [1.54, 1.807) is 17.0 Å². The zero-order valence-corrected chi connectivity index (χ0v) is 26.2. The third kappa shape index (κ3) is 11.7. The number of ketones is 1. The Hall–Kier alpha value is -3.76. The van der Waals surface area contributed by atoms with E-state index in [4.69, 9.17) is 14.2 Å². The summed E-state index contributed by atoms with van der Waals surface area (Å²) in [6.07, 6.45) is 4.22. The molecule has 1 fully saturated rings. The number of hydrogen-bond acceptors (Lipinski definition) is 7. The molecule has 3 rings (SSSR count). The molecule has 1 saturated carbocycles. The van der Waals surface area contributed by atoms with Crippen LogP contribution in [0.3, 0.4) is 0 Å². The molecular formula is C34H47N3O7. The molecule has 240 valence electrons. The maximum atomic E-state index is 14.2. The van der Waals surface area contributed by atoms with Crippen LogP contribution in [0.15, 0.2) is 54.6 Å². The van der Waals surface area contributed by atoms with E-state index >= 15 is 0 Å². The summed E-state index contributed by atoms with van der Waals surface area (Å²) in [6.45, 7) is 6.90. The molecule has 0 heterocycles. The van der Waals surface area contributed by atoms with Crippen molar-refractivity contribution >= 4 is 23.7 Å². The first kappa shape index (κ1) is 34.7. The van der Waals surface area contributed by atoms with E-state index in [0.29, 0.717) is 31.7 Å². The van der Waals surface area contributed by atoms with Gasteiger partial charge in [-0.05, 0) is 75.8 Å². The van der Waals surface area contributed by atoms with Crippen LogP contribution >= 0.6 is 0 Å². The van der Waals surface area contributed by atoms with Gasteiger partial charge >= 0.3 is 6.09 Å². The molecule has 1 aliphatic carbocycles. The van der Waals surface area contributed by atoms with E-state index in [-0.39, 0.29) is 48.8 Å². The predicted molar refractivity (Wildman–Crippen MR) is 167 cm³/mol. The minimum atomic E-state index is -0.710. The van der Waals surface area contributed by atoms with Crippen LogP contribution in [0.4, 0.5) is 4.79 Å². The molecule has 44 heavy (non-hydrogen) atoms. The van der Waals surface area contributed by atoms with E-state index in [9.17, 15) is 19.2 Å². The monoisotopic (exact) mass is 609 g/mol. The summed E-state index contributed by atoms with van der Waals surface area (Å²) < 4.78 is 16.8. The second kappa shape index (κ2) is 18.8. The largest absolute Gasteiger partial charge is 0.412 e. The Balaban J connectivity index is 1.64. The maximum absolute atomic E-state index is 14.2. The van der Waals surface area contributed by atoms with Gasteiger partial charge in [0.05, 0.1) is 6.54 Å². The zero-order chi connectivity index (χ0) is 31.7. The fraction of sp³-hybridized carbons (Fsp3) is 0.529. The van der Waals surface area contributed by atoms with E-state index in [1.165, 1.54) is 19.1 Å². The topological polar surface area (TPSA) is 123 Å². The third-order valence-electron chi connectivity index (χ3n) is 7.70. The molecule has 0 bridgehead atoms. The minimum absolute atomic E-state index is 0.0145. The molecule has 2 aromatic carbocycles. The Kier molecular flexibility index (Phi) is 14.8. The predicted octanol–water partition coefficient (Wildman–Crippen LogP) is 4.90. The number of Topliss-reactive ketones (excluding diaryl/α,β-unsaturated/α-hetero) is 1. The van der Waals surface area contributed by atoms with Crippen molar-refractivity contribution in [1.29, 1.82) is 0 Å². The molecule has 0 unspecified atom stereocenters. The van der Waals surface area contributed by atoms with Crippen LogP contribution in [0.5, 0.6) is 5.75 Å². The second-order valence-electron chi connectivity index (χ2n) is 11.0. The Morgan fingerprint density at radius 2 is 1.57 bits per heavy atom. The molecule has 0 aromatic heterocycles. The van der Waals surface area contributed by atoms with Gasteiger partial charge in [-0.3, -0.25) is 14.4 Å². The molecule has 1 atom stereocenters. The number of amides is 3. The zero-order valence-electron chi connectivity index (χ0n) is 26.2. The first-order valence-electron chi connectivity index (χ1n) is 15.7. The lowest BCUT2D eigenvalue weighted by Gasteiger charge is -2.35. The molecule has 2 N–H and O–H groups in total. The van der Waals surface area contributed by atoms with Gasteiger partial charge in [0.25, 0.3) is 0 Å². The highest BCUT2D eigenvalue weighted by atomic mass is 16.7. The molecular weight excluding hydrogens is 562 g/mol. The van der Waals surface area contributed by atoms with Crippen molar-refractivity contribution in [3.05, 3.63) is 65.7 Å². The Labute approximate surface area is 260 Å². The number of hydrogen-bond donors (Lipinski definition) is 2. The summed E-state index contributed by atoms with van der Waals surface area (Å²) in [5.74, 6) is -0.248. The summed E-state index contributed by atoms with van der Waals surface area (Å²) in [5.41, 5.74) is 1.63. The smallest absolute Gasteiger partial charge is 0.410 e. The maximum Gasteiger partial charge on any atom is 0.412 e. The fourth-order valence-corrected chi connectivity index (χ4v) is 5.38. The number of carbonyl (C=O) groups excluding carboxylic acids is 4. The van der Waals surface area contributed by atoms with Crippen molar-refractivity contribution in [3.8, 4) is 5.75 Å². The quantitative estimate of drug-likeness (QED) is 0.193. The number of benzene rings is 2. The van der Waals surface area contributed by atoms with Crippen molar-refractivity contribution < 1.29 is 33.4 Å². The lowest BCUT2D eigenvalue weighted by molar-refractivity contribution is -0.161. The Morgan fingerprint density at radius 1 is 0.909 bits per heavy atom. The molecule has 10 nitrogen and oxygen atoms in total. The van der Waals surface area contributed by atoms with Crippen molar-refractivity contribution in [3.63, 3.8) is 0 Å². The van der Waals surface area contributed by atoms with Crippen LogP contribution in [-0.4, -0.2) is 73.8 Å². The van der Waals surface area contributed by atoms with Crippen molar-refractivity contribution in [2.45, 2.75) is 78.0 Å². The molecule has 10 heteroatoms. The van der Waals surface area contributed by atoms with Crippen LogP contribution in [-0.2, 0) is 25.5 Å². The van der Waals surface area contributed by atoms with Crippen molar-refractivity contribution in [1.82, 2.24) is 15.5 Å². The fourth-order valence-electron chi connectivity index (χ4n) is 5.38. The second-order valence-corrected chi connectivity index (χ2v) is 11.0. The van der Waals surface area contributed by atoms with Gasteiger partial charge in [0, 0.05) is 38.3 Å². The molecule has 1 aliphatic rings. The molecule has 0 saturated heterocycles. The van der Waals surface area contributed by atoms with E-state index in [2.05, 4.69) is 10.6 Å². The standard InChI is InChI=1S/C34H47N3O7/c1-4-42-31(43-5-2)24-37(23-21-26-12-8-6-9-13-26)33(40)32(28-14-10-7-11-15-28)36-30(39)20-22-35-34(41)44-29-18-16-27(17-19-29)25(3)38/h6,8-9,12-13,16-19,28,31-32H,4-5,7,10-11,14-15,20-24H2,1-3H3,(H,35,41)(H,36,39)/t32-/m0/s1. The van der Waals surface area contributed by atoms with Gasteiger partial charge in [0.1, 0.15) is 11.8 Å². The van der Waals surface area contributed by atoms with Crippen LogP contribution in [0.25, 0.3) is 0 Å². The highest BCUT2D eigenvalue weighted by Gasteiger charge is 2.34. The normalized spacial score (nSPS) is 14.1. The van der Waals surface area contributed by atoms with E-state index in [0.717, 1.165) is 37.7 Å². The molecule has 0 spiro atoms. The SMILES string of the molecule is CCOC(CN(CCc1ccccc1)C(=O)[C@@H](NC(=O)CCNC(=O)Oc1ccc(C(C)=O)cc1)C1CCCCC1)OCC. The van der Waals surface area contributed by atoms with Crippen LogP contribution in [0.2, 0.25) is 0 Å². The number of ether oxygens (including phenoxy) is 3. The lowest BCUT2D eigenvalue weighted by atomic mass is 9.83. The summed E-state index contributed by atoms with van der Waals surface area (Å²) in [5, 5.41) is 5.59. The van der Waals surface area contributed by atoms with Crippen LogP contribution in [0, 0.1) is 5.92 Å². The number of nitrogens with zero attached hydrogens (tertiary/aromatic N) is 1. The van der Waals surface area contributed by atoms with E-state index < -0.39 is 18.4 Å². The van der Waals surface area contributed by atoms with Gasteiger partial charge in [-0.1, -0.05) is 49.6 Å². The average molecular weight is 610 g/mol. The lowest BCUT2D eigenvalue weighted by Crippen LogP contribution is -2.55. The summed E-state index contributed by atoms with van der Waals surface area (Å²) in [7, 11) is 0.